The number of amides is 1. The van der Waals surface area contributed by atoms with Gasteiger partial charge in [0.15, 0.2) is 17.9 Å². The van der Waals surface area contributed by atoms with Crippen LogP contribution in [0, 0.1) is 0 Å². The fourth-order valence-corrected chi connectivity index (χ4v) is 2.95. The first-order chi connectivity index (χ1) is 12.1. The second kappa shape index (κ2) is 8.67. The van der Waals surface area contributed by atoms with Gasteiger partial charge in [-0.15, -0.1) is 0 Å². The molecule has 1 fully saturated rings. The Morgan fingerprint density at radius 2 is 2.24 bits per heavy atom. The first kappa shape index (κ1) is 18.2. The fraction of sp³-hybridized carbons (Fsp3) is 0.412. The van der Waals surface area contributed by atoms with E-state index in [2.05, 4.69) is 10.5 Å². The average molecular weight is 385 g/mol. The van der Waals surface area contributed by atoms with Crippen LogP contribution in [-0.4, -0.2) is 23.8 Å². The Balaban J connectivity index is 1.48. The van der Waals surface area contributed by atoms with Crippen LogP contribution in [0.2, 0.25) is 10.0 Å². The number of carbonyl (C=O) groups excluding carboxylic acids is 1. The largest absolute Gasteiger partial charge is 0.441 e. The number of nitrogens with one attached hydrogen (secondary N) is 1. The molecule has 0 aliphatic carbocycles. The lowest BCUT2D eigenvalue weighted by atomic mass is 10.2. The van der Waals surface area contributed by atoms with Gasteiger partial charge in [0.05, 0.1) is 11.2 Å². The van der Waals surface area contributed by atoms with E-state index < -0.39 is 0 Å². The summed E-state index contributed by atoms with van der Waals surface area (Å²) < 4.78 is 11.0. The molecule has 0 radical (unpaired) electrons. The number of aryl methyl sites for hydroxylation is 1. The van der Waals surface area contributed by atoms with Crippen molar-refractivity contribution in [2.75, 3.05) is 6.61 Å². The van der Waals surface area contributed by atoms with E-state index in [1.807, 2.05) is 0 Å². The fourth-order valence-electron chi connectivity index (χ4n) is 2.45. The molecule has 3 rings (SSSR count). The van der Waals surface area contributed by atoms with E-state index >= 15 is 0 Å². The number of halogens is 2. The van der Waals surface area contributed by atoms with Crippen molar-refractivity contribution in [1.82, 2.24) is 10.5 Å². The van der Waals surface area contributed by atoms with Gasteiger partial charge in [-0.1, -0.05) is 23.2 Å². The number of hydrogen-bond donors (Lipinski definition) is 1. The smallest absolute Gasteiger partial charge is 0.244 e. The highest BCUT2D eigenvalue weighted by atomic mass is 35.5. The molecule has 134 valence electrons. The Kier molecular flexibility index (Phi) is 6.31. The van der Waals surface area contributed by atoms with Gasteiger partial charge in [0.1, 0.15) is 0 Å². The molecule has 1 N–H and O–H groups in total. The zero-order chi connectivity index (χ0) is 17.6. The zero-order valence-corrected chi connectivity index (χ0v) is 15.0. The Hall–Kier alpha value is -1.60. The van der Waals surface area contributed by atoms with Crippen LogP contribution in [0.1, 0.15) is 31.6 Å². The molecular weight excluding hydrogens is 367 g/mol. The van der Waals surface area contributed by atoms with Gasteiger partial charge < -0.3 is 9.15 Å². The summed E-state index contributed by atoms with van der Waals surface area (Å²) >= 11 is 12.0. The minimum absolute atomic E-state index is 0.195. The molecule has 1 aliphatic rings. The maximum Gasteiger partial charge on any atom is 0.244 e. The van der Waals surface area contributed by atoms with Crippen LogP contribution in [0.25, 0.3) is 11.3 Å². The van der Waals surface area contributed by atoms with Gasteiger partial charge in [-0.2, -0.15) is 0 Å². The molecule has 1 atom stereocenters. The summed E-state index contributed by atoms with van der Waals surface area (Å²) in [4.78, 5) is 21.2. The number of carbonyl (C=O) groups is 1. The third-order valence-electron chi connectivity index (χ3n) is 3.76. The quantitative estimate of drug-likeness (QED) is 0.756. The van der Waals surface area contributed by atoms with E-state index in [-0.39, 0.29) is 18.6 Å². The Morgan fingerprint density at radius 1 is 1.36 bits per heavy atom. The normalized spacial score (nSPS) is 17.4. The number of aromatic nitrogens is 1. The van der Waals surface area contributed by atoms with Crippen LogP contribution in [-0.2, 0) is 20.8 Å². The summed E-state index contributed by atoms with van der Waals surface area (Å²) in [5, 5.41) is 1.03. The van der Waals surface area contributed by atoms with Crippen molar-refractivity contribution in [3.05, 3.63) is 40.3 Å². The lowest BCUT2D eigenvalue weighted by molar-refractivity contribution is -0.200. The van der Waals surface area contributed by atoms with Crippen molar-refractivity contribution in [3.8, 4) is 11.3 Å². The molecular formula is C17H18Cl2N2O4. The molecule has 1 aromatic carbocycles. The van der Waals surface area contributed by atoms with Crippen molar-refractivity contribution in [2.45, 2.75) is 38.4 Å². The summed E-state index contributed by atoms with van der Waals surface area (Å²) in [6.07, 6.45) is 4.61. The Bertz CT molecular complexity index is 729. The van der Waals surface area contributed by atoms with E-state index in [4.69, 9.17) is 37.2 Å². The maximum atomic E-state index is 11.8. The van der Waals surface area contributed by atoms with Crippen LogP contribution in [0.5, 0.6) is 0 Å². The summed E-state index contributed by atoms with van der Waals surface area (Å²) in [6.45, 7) is 0.660. The summed E-state index contributed by atoms with van der Waals surface area (Å²) in [6, 6.07) is 5.13. The van der Waals surface area contributed by atoms with Crippen LogP contribution in [0.4, 0.5) is 0 Å². The molecule has 2 aromatic rings. The van der Waals surface area contributed by atoms with Crippen LogP contribution in [0.3, 0.4) is 0 Å². The second-order valence-corrected chi connectivity index (χ2v) is 6.53. The second-order valence-electron chi connectivity index (χ2n) is 5.68. The summed E-state index contributed by atoms with van der Waals surface area (Å²) in [5.74, 6) is 0.729. The topological polar surface area (TPSA) is 73.6 Å². The number of rotatable bonds is 6. The zero-order valence-electron chi connectivity index (χ0n) is 13.5. The van der Waals surface area contributed by atoms with Gasteiger partial charge >= 0.3 is 0 Å². The SMILES string of the molecule is O=C(CCc1ncc(-c2ccc(Cl)cc2Cl)o1)NOC1CCCCO1. The van der Waals surface area contributed by atoms with Gasteiger partial charge in [-0.3, -0.25) is 4.79 Å². The molecule has 0 spiro atoms. The average Bonchev–Trinajstić information content (AvgIpc) is 3.08. The Morgan fingerprint density at radius 3 is 3.00 bits per heavy atom. The molecule has 1 aromatic heterocycles. The molecule has 2 heterocycles. The van der Waals surface area contributed by atoms with Crippen molar-refractivity contribution in [3.63, 3.8) is 0 Å². The molecule has 0 bridgehead atoms. The van der Waals surface area contributed by atoms with Gasteiger partial charge in [0.2, 0.25) is 5.91 Å². The number of benzene rings is 1. The maximum absolute atomic E-state index is 11.8. The number of oxazole rings is 1. The standard InChI is InChI=1S/C17H18Cl2N2O4/c18-11-4-5-12(13(19)9-11)14-10-20-16(24-14)7-6-15(22)21-25-17-3-1-2-8-23-17/h4-5,9-10,17H,1-3,6-8H2,(H,21,22). The predicted molar refractivity (Wildman–Crippen MR) is 93.1 cm³/mol. The number of nitrogens with zero attached hydrogens (tertiary/aromatic N) is 1. The molecule has 1 amide bonds. The van der Waals surface area contributed by atoms with Crippen molar-refractivity contribution in [1.29, 1.82) is 0 Å². The van der Waals surface area contributed by atoms with Crippen molar-refractivity contribution >= 4 is 29.1 Å². The van der Waals surface area contributed by atoms with E-state index in [9.17, 15) is 4.79 Å². The molecule has 25 heavy (non-hydrogen) atoms. The first-order valence-electron chi connectivity index (χ1n) is 8.08. The van der Waals surface area contributed by atoms with E-state index in [0.29, 0.717) is 40.3 Å². The third-order valence-corrected chi connectivity index (χ3v) is 4.31. The van der Waals surface area contributed by atoms with Crippen molar-refractivity contribution in [2.24, 2.45) is 0 Å². The predicted octanol–water partition coefficient (Wildman–Crippen LogP) is 4.16. The molecule has 1 saturated heterocycles. The van der Waals surface area contributed by atoms with Crippen LogP contribution in [0.15, 0.2) is 28.8 Å². The first-order valence-corrected chi connectivity index (χ1v) is 8.83. The van der Waals surface area contributed by atoms with E-state index in [1.54, 1.807) is 24.4 Å². The summed E-state index contributed by atoms with van der Waals surface area (Å²) in [7, 11) is 0. The highest BCUT2D eigenvalue weighted by Crippen LogP contribution is 2.30. The molecule has 8 heteroatoms. The van der Waals surface area contributed by atoms with Gasteiger partial charge in [-0.05, 0) is 31.0 Å². The lowest BCUT2D eigenvalue weighted by Crippen LogP contribution is -2.33. The minimum Gasteiger partial charge on any atom is -0.441 e. The molecule has 6 nitrogen and oxygen atoms in total. The molecule has 0 saturated carbocycles. The highest BCUT2D eigenvalue weighted by Gasteiger charge is 2.16. The van der Waals surface area contributed by atoms with Gasteiger partial charge in [-0.25, -0.2) is 15.3 Å². The summed E-state index contributed by atoms with van der Waals surface area (Å²) in [5.41, 5.74) is 3.11. The number of hydrogen-bond acceptors (Lipinski definition) is 5. The minimum atomic E-state index is -0.363. The van der Waals surface area contributed by atoms with E-state index in [0.717, 1.165) is 19.3 Å². The molecule has 1 aliphatic heterocycles. The number of ether oxygens (including phenoxy) is 1. The van der Waals surface area contributed by atoms with Gasteiger partial charge in [0, 0.05) is 36.5 Å². The lowest BCUT2D eigenvalue weighted by Gasteiger charge is -2.21. The Labute approximate surface area is 155 Å². The van der Waals surface area contributed by atoms with Gasteiger partial charge in [0.25, 0.3) is 0 Å². The van der Waals surface area contributed by atoms with E-state index in [1.165, 1.54) is 0 Å². The van der Waals surface area contributed by atoms with Crippen LogP contribution < -0.4 is 5.48 Å². The van der Waals surface area contributed by atoms with Crippen molar-refractivity contribution < 1.29 is 18.8 Å². The third kappa shape index (κ3) is 5.19. The number of hydroxylamine groups is 1. The molecule has 1 unspecified atom stereocenters. The monoisotopic (exact) mass is 384 g/mol. The highest BCUT2D eigenvalue weighted by molar-refractivity contribution is 6.36. The van der Waals surface area contributed by atoms with Crippen LogP contribution >= 0.6 is 23.2 Å².